The van der Waals surface area contributed by atoms with Crippen molar-refractivity contribution in [3.05, 3.63) is 52.8 Å². The van der Waals surface area contributed by atoms with Crippen LogP contribution in [0, 0.1) is 12.8 Å². The fourth-order valence-corrected chi connectivity index (χ4v) is 4.59. The summed E-state index contributed by atoms with van der Waals surface area (Å²) < 4.78 is 12.2. The number of likely N-dealkylation sites (N-methyl/N-ethyl adjacent to an activating group) is 1. The summed E-state index contributed by atoms with van der Waals surface area (Å²) in [5.41, 5.74) is 18.8. The predicted octanol–water partition coefficient (Wildman–Crippen LogP) is 3.76. The second-order valence-corrected chi connectivity index (χ2v) is 9.50. The average molecular weight is 461 g/mol. The Morgan fingerprint density at radius 3 is 2.79 bits per heavy atom. The topological polar surface area (TPSA) is 112 Å². The Bertz CT molecular complexity index is 1210. The molecule has 8 nitrogen and oxygen atoms in total. The van der Waals surface area contributed by atoms with Gasteiger partial charge >= 0.3 is 0 Å². The molecule has 1 unspecified atom stereocenters. The van der Waals surface area contributed by atoms with Crippen LogP contribution in [0.4, 0.5) is 11.6 Å². The van der Waals surface area contributed by atoms with E-state index in [2.05, 4.69) is 47.9 Å². The summed E-state index contributed by atoms with van der Waals surface area (Å²) in [4.78, 5) is 15.6. The number of benzene rings is 1. The van der Waals surface area contributed by atoms with Crippen molar-refractivity contribution in [1.82, 2.24) is 19.9 Å². The summed E-state index contributed by atoms with van der Waals surface area (Å²) in [7, 11) is 2.15. The standard InChI is InChI=1S/C26H32N6O2/c1-15-10-19(11-20-13-32(3)9-7-21(15)20)22-12-30-25(28)26(31-22)33-14-18-6-8-29-24(27)23(18)34-16(2)17-4-5-17/h6,8,10-12,16-17H,4-5,7,9,13-14H2,1-3H3,(H2,27,29)(H2,28,30). The number of hydrogen-bond acceptors (Lipinski definition) is 8. The summed E-state index contributed by atoms with van der Waals surface area (Å²) in [5, 5.41) is 0. The number of aryl methyl sites for hydroxylation is 1. The van der Waals surface area contributed by atoms with Gasteiger partial charge in [-0.3, -0.25) is 0 Å². The lowest BCUT2D eigenvalue weighted by Crippen LogP contribution is -2.27. The normalized spacial score (nSPS) is 16.7. The first-order valence-corrected chi connectivity index (χ1v) is 11.9. The number of nitrogen functional groups attached to an aromatic ring is 2. The molecule has 0 bridgehead atoms. The van der Waals surface area contributed by atoms with Crippen molar-refractivity contribution in [2.24, 2.45) is 5.92 Å². The molecule has 0 spiro atoms. The van der Waals surface area contributed by atoms with Crippen LogP contribution < -0.4 is 20.9 Å². The van der Waals surface area contributed by atoms with Gasteiger partial charge in [0.05, 0.1) is 18.0 Å². The second kappa shape index (κ2) is 9.10. The van der Waals surface area contributed by atoms with Crippen LogP contribution in [0.1, 0.15) is 42.0 Å². The minimum atomic E-state index is 0.0877. The maximum absolute atomic E-state index is 6.15. The third-order valence-electron chi connectivity index (χ3n) is 6.78. The van der Waals surface area contributed by atoms with Crippen molar-refractivity contribution in [2.75, 3.05) is 25.1 Å². The zero-order valence-electron chi connectivity index (χ0n) is 20.0. The highest BCUT2D eigenvalue weighted by molar-refractivity contribution is 5.64. The van der Waals surface area contributed by atoms with Gasteiger partial charge in [-0.25, -0.2) is 15.0 Å². The van der Waals surface area contributed by atoms with E-state index in [0.717, 1.165) is 36.3 Å². The zero-order valence-corrected chi connectivity index (χ0v) is 20.0. The van der Waals surface area contributed by atoms with Gasteiger partial charge in [0.1, 0.15) is 6.61 Å². The predicted molar refractivity (Wildman–Crippen MR) is 132 cm³/mol. The SMILES string of the molecule is Cc1cc(-c2cnc(N)c(OCc3ccnc(N)c3OC(C)C3CC3)n2)cc2c1CCN(C)C2. The molecule has 1 aliphatic heterocycles. The Morgan fingerprint density at radius 2 is 2.00 bits per heavy atom. The first kappa shape index (κ1) is 22.4. The molecule has 4 N–H and O–H groups in total. The van der Waals surface area contributed by atoms with E-state index < -0.39 is 0 Å². The second-order valence-electron chi connectivity index (χ2n) is 9.50. The van der Waals surface area contributed by atoms with E-state index in [1.165, 1.54) is 29.5 Å². The van der Waals surface area contributed by atoms with E-state index in [0.29, 0.717) is 23.4 Å². The van der Waals surface area contributed by atoms with Gasteiger partial charge < -0.3 is 25.8 Å². The Balaban J connectivity index is 1.38. The van der Waals surface area contributed by atoms with Crippen LogP contribution in [0.15, 0.2) is 30.6 Å². The average Bonchev–Trinajstić information content (AvgIpc) is 3.65. The largest absolute Gasteiger partial charge is 0.486 e. The number of ether oxygens (including phenoxy) is 2. The van der Waals surface area contributed by atoms with Crippen LogP contribution in [-0.4, -0.2) is 39.5 Å². The number of rotatable bonds is 7. The Hall–Kier alpha value is -3.39. The van der Waals surface area contributed by atoms with Gasteiger partial charge in [-0.1, -0.05) is 0 Å². The Labute approximate surface area is 200 Å². The van der Waals surface area contributed by atoms with Crippen molar-refractivity contribution < 1.29 is 9.47 Å². The Morgan fingerprint density at radius 1 is 1.18 bits per heavy atom. The summed E-state index contributed by atoms with van der Waals surface area (Å²) >= 11 is 0. The molecule has 1 fully saturated rings. The lowest BCUT2D eigenvalue weighted by atomic mass is 9.92. The van der Waals surface area contributed by atoms with E-state index in [1.807, 2.05) is 6.07 Å². The van der Waals surface area contributed by atoms with E-state index in [1.54, 1.807) is 12.4 Å². The molecule has 34 heavy (non-hydrogen) atoms. The molecule has 1 atom stereocenters. The molecular formula is C26H32N6O2. The number of pyridine rings is 1. The zero-order chi connectivity index (χ0) is 23.8. The molecule has 3 heterocycles. The van der Waals surface area contributed by atoms with Gasteiger partial charge in [0, 0.05) is 30.4 Å². The van der Waals surface area contributed by atoms with Crippen LogP contribution in [0.25, 0.3) is 11.3 Å². The van der Waals surface area contributed by atoms with E-state index in [-0.39, 0.29) is 18.5 Å². The van der Waals surface area contributed by atoms with Crippen LogP contribution in [0.5, 0.6) is 11.6 Å². The molecule has 3 aromatic rings. The van der Waals surface area contributed by atoms with Crippen LogP contribution >= 0.6 is 0 Å². The van der Waals surface area contributed by atoms with Crippen molar-refractivity contribution in [2.45, 2.75) is 52.4 Å². The maximum atomic E-state index is 6.15. The summed E-state index contributed by atoms with van der Waals surface area (Å²) in [6.07, 6.45) is 6.88. The smallest absolute Gasteiger partial charge is 0.258 e. The van der Waals surface area contributed by atoms with Crippen molar-refractivity contribution in [3.63, 3.8) is 0 Å². The molecule has 0 amide bonds. The minimum Gasteiger partial charge on any atom is -0.486 e. The first-order chi connectivity index (χ1) is 16.4. The van der Waals surface area contributed by atoms with Crippen molar-refractivity contribution in [3.8, 4) is 22.9 Å². The van der Waals surface area contributed by atoms with E-state index in [9.17, 15) is 0 Å². The molecule has 1 aromatic carbocycles. The summed E-state index contributed by atoms with van der Waals surface area (Å²) in [6, 6.07) is 6.22. The van der Waals surface area contributed by atoms with Crippen LogP contribution in [0.3, 0.4) is 0 Å². The summed E-state index contributed by atoms with van der Waals surface area (Å²) in [5.74, 6) is 2.04. The third-order valence-corrected chi connectivity index (χ3v) is 6.78. The molecule has 8 heteroatoms. The molecule has 178 valence electrons. The number of aromatic nitrogens is 3. The first-order valence-electron chi connectivity index (χ1n) is 11.9. The van der Waals surface area contributed by atoms with E-state index in [4.69, 9.17) is 25.9 Å². The number of nitrogens with two attached hydrogens (primary N) is 2. The number of fused-ring (bicyclic) bond motifs is 1. The van der Waals surface area contributed by atoms with Gasteiger partial charge in [-0.2, -0.15) is 0 Å². The highest BCUT2D eigenvalue weighted by Crippen LogP contribution is 2.37. The third kappa shape index (κ3) is 4.63. The van der Waals surface area contributed by atoms with Crippen LogP contribution in [-0.2, 0) is 19.6 Å². The molecule has 0 radical (unpaired) electrons. The minimum absolute atomic E-state index is 0.0877. The molecule has 0 saturated heterocycles. The molecule has 1 saturated carbocycles. The van der Waals surface area contributed by atoms with Gasteiger partial charge in [-0.05, 0) is 81.0 Å². The fraction of sp³-hybridized carbons (Fsp3) is 0.423. The maximum Gasteiger partial charge on any atom is 0.258 e. The van der Waals surface area contributed by atoms with Crippen LogP contribution in [0.2, 0.25) is 0 Å². The molecule has 2 aliphatic rings. The fourth-order valence-electron chi connectivity index (χ4n) is 4.59. The van der Waals surface area contributed by atoms with Gasteiger partial charge in [-0.15, -0.1) is 0 Å². The Kier molecular flexibility index (Phi) is 6.00. The number of anilines is 2. The van der Waals surface area contributed by atoms with Crippen molar-refractivity contribution in [1.29, 1.82) is 0 Å². The highest BCUT2D eigenvalue weighted by atomic mass is 16.5. The lowest BCUT2D eigenvalue weighted by Gasteiger charge is -2.27. The number of hydrogen-bond donors (Lipinski definition) is 2. The van der Waals surface area contributed by atoms with Gasteiger partial charge in [0.25, 0.3) is 5.88 Å². The number of nitrogens with zero attached hydrogens (tertiary/aromatic N) is 4. The molecule has 5 rings (SSSR count). The molecule has 1 aliphatic carbocycles. The lowest BCUT2D eigenvalue weighted by molar-refractivity contribution is 0.191. The van der Waals surface area contributed by atoms with E-state index >= 15 is 0 Å². The van der Waals surface area contributed by atoms with Gasteiger partial charge in [0.2, 0.25) is 0 Å². The summed E-state index contributed by atoms with van der Waals surface area (Å²) in [6.45, 7) is 6.45. The quantitative estimate of drug-likeness (QED) is 0.548. The monoisotopic (exact) mass is 460 g/mol. The highest BCUT2D eigenvalue weighted by Gasteiger charge is 2.30. The van der Waals surface area contributed by atoms with Gasteiger partial charge in [0.15, 0.2) is 17.4 Å². The van der Waals surface area contributed by atoms with Crippen molar-refractivity contribution >= 4 is 11.6 Å². The molecular weight excluding hydrogens is 428 g/mol. The molecule has 2 aromatic heterocycles.